The summed E-state index contributed by atoms with van der Waals surface area (Å²) in [6.07, 6.45) is -4.55. The summed E-state index contributed by atoms with van der Waals surface area (Å²) in [6.45, 7) is 0. The van der Waals surface area contributed by atoms with Crippen molar-refractivity contribution in [3.05, 3.63) is 58.6 Å². The Morgan fingerprint density at radius 2 is 1.73 bits per heavy atom. The van der Waals surface area contributed by atoms with Crippen LogP contribution in [0.4, 0.5) is 13.2 Å². The first kappa shape index (κ1) is 18.8. The number of hydrogen-bond donors (Lipinski definition) is 0. The molecule has 110 valence electrons. The van der Waals surface area contributed by atoms with Crippen LogP contribution >= 0.6 is 11.6 Å². The average Bonchev–Trinajstić information content (AvgIpc) is 2.37. The van der Waals surface area contributed by atoms with Gasteiger partial charge < -0.3 is 14.6 Å². The zero-order chi connectivity index (χ0) is 15.6. The molecule has 0 bridgehead atoms. The minimum Gasteiger partial charge on any atom is -0.545 e. The minimum absolute atomic E-state index is 0. The molecule has 0 atom stereocenters. The zero-order valence-corrected chi connectivity index (χ0v) is 14.0. The average molecular weight is 339 g/mol. The number of rotatable bonds is 3. The maximum absolute atomic E-state index is 12.6. The van der Waals surface area contributed by atoms with Gasteiger partial charge in [0.15, 0.2) is 0 Å². The largest absolute Gasteiger partial charge is 1.00 e. The van der Waals surface area contributed by atoms with E-state index in [1.54, 1.807) is 0 Å². The van der Waals surface area contributed by atoms with Gasteiger partial charge in [0.25, 0.3) is 0 Å². The van der Waals surface area contributed by atoms with Crippen LogP contribution in [0.5, 0.6) is 11.5 Å². The maximum atomic E-state index is 12.6. The number of carbonyl (C=O) groups excluding carboxylic acids is 1. The van der Waals surface area contributed by atoms with Crippen molar-refractivity contribution in [2.24, 2.45) is 0 Å². The van der Waals surface area contributed by atoms with Crippen molar-refractivity contribution >= 4 is 17.6 Å². The summed E-state index contributed by atoms with van der Waals surface area (Å²) >= 11 is 5.56. The van der Waals surface area contributed by atoms with Crippen LogP contribution in [0.15, 0.2) is 42.5 Å². The van der Waals surface area contributed by atoms with E-state index in [-0.39, 0.29) is 46.6 Å². The predicted octanol–water partition coefficient (Wildman–Crippen LogP) is 0.519. The fourth-order valence-corrected chi connectivity index (χ4v) is 1.89. The van der Waals surface area contributed by atoms with Crippen molar-refractivity contribution in [2.75, 3.05) is 0 Å². The first-order chi connectivity index (χ1) is 9.77. The molecule has 0 fully saturated rings. The molecule has 0 amide bonds. The van der Waals surface area contributed by atoms with Crippen LogP contribution in [0, 0.1) is 0 Å². The van der Waals surface area contributed by atoms with Gasteiger partial charge in [-0.2, -0.15) is 13.2 Å². The molecule has 22 heavy (non-hydrogen) atoms. The number of aromatic carboxylic acids is 1. The molecule has 0 saturated carbocycles. The van der Waals surface area contributed by atoms with Crippen molar-refractivity contribution in [3.8, 4) is 11.5 Å². The molecule has 0 aliphatic rings. The van der Waals surface area contributed by atoms with Crippen LogP contribution in [0.25, 0.3) is 0 Å². The Labute approximate surface area is 151 Å². The van der Waals surface area contributed by atoms with Gasteiger partial charge in [-0.25, -0.2) is 0 Å². The molecular weight excluding hydrogens is 332 g/mol. The summed E-state index contributed by atoms with van der Waals surface area (Å²) < 4.78 is 42.9. The van der Waals surface area contributed by atoms with Gasteiger partial charge in [0.1, 0.15) is 11.5 Å². The Bertz CT molecular complexity index is 689. The van der Waals surface area contributed by atoms with Gasteiger partial charge >= 0.3 is 35.7 Å². The topological polar surface area (TPSA) is 49.4 Å². The Morgan fingerprint density at radius 1 is 1.09 bits per heavy atom. The van der Waals surface area contributed by atoms with Crippen LogP contribution < -0.4 is 39.4 Å². The number of carboxylic acid groups (broad SMARTS) is 1. The van der Waals surface area contributed by atoms with Gasteiger partial charge in [0.05, 0.1) is 16.6 Å². The van der Waals surface area contributed by atoms with E-state index in [9.17, 15) is 23.1 Å². The fourth-order valence-electron chi connectivity index (χ4n) is 1.61. The van der Waals surface area contributed by atoms with E-state index in [0.717, 1.165) is 18.2 Å². The van der Waals surface area contributed by atoms with Crippen LogP contribution in [0.3, 0.4) is 0 Å². The molecule has 2 rings (SSSR count). The van der Waals surface area contributed by atoms with Crippen LogP contribution in [0.2, 0.25) is 5.02 Å². The summed E-state index contributed by atoms with van der Waals surface area (Å²) in [4.78, 5) is 10.7. The van der Waals surface area contributed by atoms with Crippen molar-refractivity contribution in [2.45, 2.75) is 6.18 Å². The fraction of sp³-hybridized carbons (Fsp3) is 0.0714. The standard InChI is InChI=1S/C14H8ClF3O3.Na/c15-12-7-10(4-5-11(12)14(16,17)18)21-9-3-1-2-8(6-9)13(19)20;/h1-7H,(H,19,20);/q;+1/p-1. The third kappa shape index (κ3) is 4.64. The van der Waals surface area contributed by atoms with Gasteiger partial charge in [-0.3, -0.25) is 0 Å². The number of halogens is 4. The third-order valence-electron chi connectivity index (χ3n) is 2.55. The smallest absolute Gasteiger partial charge is 0.545 e. The molecule has 0 aliphatic carbocycles. The molecule has 3 nitrogen and oxygen atoms in total. The normalized spacial score (nSPS) is 10.7. The molecule has 0 saturated heterocycles. The van der Waals surface area contributed by atoms with Gasteiger partial charge in [0, 0.05) is 11.6 Å². The van der Waals surface area contributed by atoms with Gasteiger partial charge in [-0.15, -0.1) is 0 Å². The van der Waals surface area contributed by atoms with E-state index in [2.05, 4.69) is 0 Å². The monoisotopic (exact) mass is 338 g/mol. The molecule has 8 heteroatoms. The minimum atomic E-state index is -4.55. The van der Waals surface area contributed by atoms with E-state index >= 15 is 0 Å². The van der Waals surface area contributed by atoms with Crippen molar-refractivity contribution in [1.29, 1.82) is 0 Å². The molecule has 0 unspecified atom stereocenters. The maximum Gasteiger partial charge on any atom is 1.00 e. The molecule has 0 aliphatic heterocycles. The number of ether oxygens (including phenoxy) is 1. The van der Waals surface area contributed by atoms with Crippen molar-refractivity contribution in [1.82, 2.24) is 0 Å². The molecule has 0 N–H and O–H groups in total. The first-order valence-electron chi connectivity index (χ1n) is 5.63. The number of benzene rings is 2. The summed E-state index contributed by atoms with van der Waals surface area (Å²) in [6, 6.07) is 8.28. The number of carbonyl (C=O) groups is 1. The molecule has 2 aromatic rings. The van der Waals surface area contributed by atoms with Crippen molar-refractivity contribution in [3.63, 3.8) is 0 Å². The van der Waals surface area contributed by atoms with Gasteiger partial charge in [0.2, 0.25) is 0 Å². The Kier molecular flexibility index (Phi) is 6.31. The Hall–Kier alpha value is -1.21. The van der Waals surface area contributed by atoms with E-state index in [1.165, 1.54) is 24.3 Å². The quantitative estimate of drug-likeness (QED) is 0.767. The van der Waals surface area contributed by atoms with Crippen LogP contribution in [0.1, 0.15) is 15.9 Å². The van der Waals surface area contributed by atoms with E-state index in [1.807, 2.05) is 0 Å². The second-order valence-corrected chi connectivity index (χ2v) is 4.46. The molecule has 0 spiro atoms. The molecule has 0 heterocycles. The number of alkyl halides is 3. The summed E-state index contributed by atoms with van der Waals surface area (Å²) in [5, 5.41) is 10.2. The summed E-state index contributed by atoms with van der Waals surface area (Å²) in [5.74, 6) is -1.18. The molecular formula is C14H7ClF3NaO3. The van der Waals surface area contributed by atoms with E-state index < -0.39 is 22.7 Å². The van der Waals surface area contributed by atoms with Gasteiger partial charge in [-0.1, -0.05) is 23.7 Å². The van der Waals surface area contributed by atoms with Crippen LogP contribution in [-0.2, 0) is 6.18 Å². The predicted molar refractivity (Wildman–Crippen MR) is 67.3 cm³/mol. The number of hydrogen-bond acceptors (Lipinski definition) is 3. The first-order valence-corrected chi connectivity index (χ1v) is 6.01. The SMILES string of the molecule is O=C([O-])c1cccc(Oc2ccc(C(F)(F)F)c(Cl)c2)c1.[Na+]. The van der Waals surface area contributed by atoms with Gasteiger partial charge in [-0.05, 0) is 24.3 Å². The van der Waals surface area contributed by atoms with Crippen molar-refractivity contribution < 1.29 is 57.4 Å². The van der Waals surface area contributed by atoms with Crippen LogP contribution in [-0.4, -0.2) is 5.97 Å². The second kappa shape index (κ2) is 7.37. The summed E-state index contributed by atoms with van der Waals surface area (Å²) in [7, 11) is 0. The second-order valence-electron chi connectivity index (χ2n) is 4.06. The third-order valence-corrected chi connectivity index (χ3v) is 2.86. The van der Waals surface area contributed by atoms with E-state index in [4.69, 9.17) is 16.3 Å². The summed E-state index contributed by atoms with van der Waals surface area (Å²) in [5.41, 5.74) is -1.08. The Morgan fingerprint density at radius 3 is 2.27 bits per heavy atom. The molecule has 0 aromatic heterocycles. The van der Waals surface area contributed by atoms with E-state index in [0.29, 0.717) is 0 Å². The molecule has 2 aromatic carbocycles. The zero-order valence-electron chi connectivity index (χ0n) is 11.3. The number of carboxylic acids is 1. The Balaban J connectivity index is 0.00000242. The molecule has 0 radical (unpaired) electrons.